The standard InChI is InChI=1S/C24H28N2O5/c1-2-30-20-9-5-17(6-10-20)15-22(24(29)25-13-14-27)26-23(28)19-7-11-21(12-8-19)31-16-18-3-4-18/h5-12,15,18,27H,2-4,13-14,16H2,1H3,(H,25,29)(H,26,28)/b22-15-. The third kappa shape index (κ3) is 7.15. The first-order chi connectivity index (χ1) is 15.1. The molecule has 164 valence electrons. The van der Waals surface area contributed by atoms with Gasteiger partial charge in [0.25, 0.3) is 11.8 Å². The molecule has 0 heterocycles. The Labute approximate surface area is 182 Å². The van der Waals surface area contributed by atoms with Crippen LogP contribution in [0.1, 0.15) is 35.7 Å². The molecule has 3 rings (SSSR count). The van der Waals surface area contributed by atoms with Gasteiger partial charge in [-0.25, -0.2) is 0 Å². The molecule has 31 heavy (non-hydrogen) atoms. The average Bonchev–Trinajstić information content (AvgIpc) is 3.62. The van der Waals surface area contributed by atoms with Crippen molar-refractivity contribution in [3.8, 4) is 11.5 Å². The number of ether oxygens (including phenoxy) is 2. The van der Waals surface area contributed by atoms with Crippen molar-refractivity contribution in [2.24, 2.45) is 5.92 Å². The van der Waals surface area contributed by atoms with Crippen molar-refractivity contribution in [1.29, 1.82) is 0 Å². The lowest BCUT2D eigenvalue weighted by Gasteiger charge is -2.11. The minimum atomic E-state index is -0.485. The Bertz CT molecular complexity index is 903. The Morgan fingerprint density at radius 2 is 1.68 bits per heavy atom. The molecular formula is C24H28N2O5. The molecule has 0 aromatic heterocycles. The smallest absolute Gasteiger partial charge is 0.267 e. The highest BCUT2D eigenvalue weighted by molar-refractivity contribution is 6.05. The van der Waals surface area contributed by atoms with Crippen LogP contribution in [0.3, 0.4) is 0 Å². The van der Waals surface area contributed by atoms with Crippen molar-refractivity contribution in [3.05, 3.63) is 65.4 Å². The van der Waals surface area contributed by atoms with Crippen LogP contribution in [0.5, 0.6) is 11.5 Å². The number of hydrogen-bond acceptors (Lipinski definition) is 5. The molecule has 1 saturated carbocycles. The maximum absolute atomic E-state index is 12.7. The number of aliphatic hydroxyl groups is 1. The number of nitrogens with one attached hydrogen (secondary N) is 2. The normalized spacial score (nSPS) is 13.4. The predicted molar refractivity (Wildman–Crippen MR) is 118 cm³/mol. The number of aliphatic hydroxyl groups excluding tert-OH is 1. The van der Waals surface area contributed by atoms with E-state index >= 15 is 0 Å². The van der Waals surface area contributed by atoms with Gasteiger partial charge in [0.1, 0.15) is 17.2 Å². The molecule has 3 N–H and O–H groups in total. The van der Waals surface area contributed by atoms with Crippen LogP contribution >= 0.6 is 0 Å². The van der Waals surface area contributed by atoms with Crippen LogP contribution in [0.25, 0.3) is 6.08 Å². The first-order valence-electron chi connectivity index (χ1n) is 10.5. The molecule has 0 atom stereocenters. The van der Waals surface area contributed by atoms with Gasteiger partial charge in [0.05, 0.1) is 19.8 Å². The van der Waals surface area contributed by atoms with Crippen LogP contribution in [0.2, 0.25) is 0 Å². The van der Waals surface area contributed by atoms with E-state index in [0.717, 1.165) is 11.3 Å². The van der Waals surface area contributed by atoms with Crippen LogP contribution in [0.4, 0.5) is 0 Å². The first-order valence-corrected chi connectivity index (χ1v) is 10.5. The Morgan fingerprint density at radius 3 is 2.29 bits per heavy atom. The van der Waals surface area contributed by atoms with E-state index in [0.29, 0.717) is 30.4 Å². The molecule has 2 aromatic carbocycles. The van der Waals surface area contributed by atoms with Crippen LogP contribution in [0.15, 0.2) is 54.2 Å². The summed E-state index contributed by atoms with van der Waals surface area (Å²) in [6, 6.07) is 14.0. The molecule has 7 nitrogen and oxygen atoms in total. The number of carbonyl (C=O) groups is 2. The van der Waals surface area contributed by atoms with Gasteiger partial charge < -0.3 is 25.2 Å². The second kappa shape index (κ2) is 11.2. The maximum atomic E-state index is 12.7. The molecule has 0 spiro atoms. The van der Waals surface area contributed by atoms with Gasteiger partial charge in [0.15, 0.2) is 0 Å². The summed E-state index contributed by atoms with van der Waals surface area (Å²) in [5.74, 6) is 1.19. The van der Waals surface area contributed by atoms with E-state index in [1.807, 2.05) is 6.92 Å². The first kappa shape index (κ1) is 22.4. The van der Waals surface area contributed by atoms with Gasteiger partial charge in [-0.2, -0.15) is 0 Å². The minimum Gasteiger partial charge on any atom is -0.494 e. The summed E-state index contributed by atoms with van der Waals surface area (Å²) in [7, 11) is 0. The summed E-state index contributed by atoms with van der Waals surface area (Å²) in [6.45, 7) is 3.05. The Hall–Kier alpha value is -3.32. The second-order valence-electron chi connectivity index (χ2n) is 7.27. The molecule has 1 aliphatic rings. The quantitative estimate of drug-likeness (QED) is 0.482. The maximum Gasteiger partial charge on any atom is 0.267 e. The Kier molecular flexibility index (Phi) is 8.06. The summed E-state index contributed by atoms with van der Waals surface area (Å²) in [4.78, 5) is 25.2. The van der Waals surface area contributed by atoms with E-state index in [-0.39, 0.29) is 18.8 Å². The van der Waals surface area contributed by atoms with Crippen molar-refractivity contribution >= 4 is 17.9 Å². The predicted octanol–water partition coefficient (Wildman–Crippen LogP) is 2.75. The van der Waals surface area contributed by atoms with Crippen molar-refractivity contribution in [1.82, 2.24) is 10.6 Å². The minimum absolute atomic E-state index is 0.0802. The molecular weight excluding hydrogens is 396 g/mol. The molecule has 1 fully saturated rings. The van der Waals surface area contributed by atoms with Crippen LogP contribution in [-0.2, 0) is 4.79 Å². The fraction of sp³-hybridized carbons (Fsp3) is 0.333. The summed E-state index contributed by atoms with van der Waals surface area (Å²) < 4.78 is 11.1. The van der Waals surface area contributed by atoms with Gasteiger partial charge in [0.2, 0.25) is 0 Å². The molecule has 0 saturated heterocycles. The van der Waals surface area contributed by atoms with Crippen molar-refractivity contribution < 1.29 is 24.2 Å². The van der Waals surface area contributed by atoms with Crippen LogP contribution in [0, 0.1) is 5.92 Å². The fourth-order valence-electron chi connectivity index (χ4n) is 2.81. The van der Waals surface area contributed by atoms with Gasteiger partial charge in [-0.15, -0.1) is 0 Å². The number of amides is 2. The lowest BCUT2D eigenvalue weighted by Crippen LogP contribution is -2.36. The molecule has 0 aliphatic heterocycles. The van der Waals surface area contributed by atoms with E-state index in [1.165, 1.54) is 12.8 Å². The van der Waals surface area contributed by atoms with Gasteiger partial charge >= 0.3 is 0 Å². The summed E-state index contributed by atoms with van der Waals surface area (Å²) in [5.41, 5.74) is 1.21. The topological polar surface area (TPSA) is 96.9 Å². The summed E-state index contributed by atoms with van der Waals surface area (Å²) in [6.07, 6.45) is 4.00. The SMILES string of the molecule is CCOc1ccc(/C=C(\NC(=O)c2ccc(OCC3CC3)cc2)C(=O)NCCO)cc1. The number of rotatable bonds is 11. The van der Waals surface area contributed by atoms with Crippen LogP contribution in [-0.4, -0.2) is 43.3 Å². The van der Waals surface area contributed by atoms with E-state index in [1.54, 1.807) is 54.6 Å². The van der Waals surface area contributed by atoms with E-state index in [4.69, 9.17) is 14.6 Å². The highest BCUT2D eigenvalue weighted by Crippen LogP contribution is 2.29. The summed E-state index contributed by atoms with van der Waals surface area (Å²) >= 11 is 0. The number of benzene rings is 2. The molecule has 0 bridgehead atoms. The van der Waals surface area contributed by atoms with E-state index < -0.39 is 11.8 Å². The third-order valence-corrected chi connectivity index (χ3v) is 4.69. The van der Waals surface area contributed by atoms with Crippen molar-refractivity contribution in [2.45, 2.75) is 19.8 Å². The molecule has 0 radical (unpaired) electrons. The second-order valence-corrected chi connectivity index (χ2v) is 7.27. The third-order valence-electron chi connectivity index (χ3n) is 4.69. The lowest BCUT2D eigenvalue weighted by molar-refractivity contribution is -0.117. The number of carbonyl (C=O) groups excluding carboxylic acids is 2. The van der Waals surface area contributed by atoms with E-state index in [9.17, 15) is 9.59 Å². The van der Waals surface area contributed by atoms with Gasteiger partial charge in [-0.05, 0) is 73.7 Å². The van der Waals surface area contributed by atoms with Crippen molar-refractivity contribution in [3.63, 3.8) is 0 Å². The highest BCUT2D eigenvalue weighted by Gasteiger charge is 2.22. The zero-order chi connectivity index (χ0) is 22.1. The largest absolute Gasteiger partial charge is 0.494 e. The summed E-state index contributed by atoms with van der Waals surface area (Å²) in [5, 5.41) is 14.2. The Balaban J connectivity index is 1.70. The number of hydrogen-bond donors (Lipinski definition) is 3. The van der Waals surface area contributed by atoms with Gasteiger partial charge in [-0.3, -0.25) is 9.59 Å². The zero-order valence-corrected chi connectivity index (χ0v) is 17.6. The van der Waals surface area contributed by atoms with Gasteiger partial charge in [0, 0.05) is 12.1 Å². The highest BCUT2D eigenvalue weighted by atomic mass is 16.5. The molecule has 2 aromatic rings. The average molecular weight is 424 g/mol. The monoisotopic (exact) mass is 424 g/mol. The zero-order valence-electron chi connectivity index (χ0n) is 17.6. The van der Waals surface area contributed by atoms with Gasteiger partial charge in [-0.1, -0.05) is 12.1 Å². The van der Waals surface area contributed by atoms with Crippen molar-refractivity contribution in [2.75, 3.05) is 26.4 Å². The Morgan fingerprint density at radius 1 is 1.03 bits per heavy atom. The molecule has 0 unspecified atom stereocenters. The lowest BCUT2D eigenvalue weighted by atomic mass is 10.1. The molecule has 1 aliphatic carbocycles. The molecule has 2 amide bonds. The van der Waals surface area contributed by atoms with Crippen LogP contribution < -0.4 is 20.1 Å². The molecule has 7 heteroatoms. The fourth-order valence-corrected chi connectivity index (χ4v) is 2.81. The van der Waals surface area contributed by atoms with E-state index in [2.05, 4.69) is 10.6 Å².